The van der Waals surface area contributed by atoms with Crippen LogP contribution in [0.5, 0.6) is 5.75 Å². The number of benzene rings is 1. The maximum Gasteiger partial charge on any atom is 0.230 e. The van der Waals surface area contributed by atoms with Crippen LogP contribution in [0.2, 0.25) is 0 Å². The van der Waals surface area contributed by atoms with Gasteiger partial charge in [0, 0.05) is 39.1 Å². The van der Waals surface area contributed by atoms with Crippen molar-refractivity contribution >= 4 is 11.8 Å². The molecule has 1 aliphatic rings. The molecule has 0 aliphatic carbocycles. The topological polar surface area (TPSA) is 75.9 Å². The normalized spacial score (nSPS) is 15.3. The zero-order valence-electron chi connectivity index (χ0n) is 17.6. The summed E-state index contributed by atoms with van der Waals surface area (Å²) < 4.78 is 5.17. The number of amides is 2. The minimum Gasteiger partial charge on any atom is -0.497 e. The van der Waals surface area contributed by atoms with Gasteiger partial charge in [-0.05, 0) is 43.4 Å². The fourth-order valence-electron chi connectivity index (χ4n) is 3.84. The highest BCUT2D eigenvalue weighted by Crippen LogP contribution is 2.28. The maximum absolute atomic E-state index is 13.0. The summed E-state index contributed by atoms with van der Waals surface area (Å²) >= 11 is 0. The van der Waals surface area contributed by atoms with Crippen molar-refractivity contribution in [3.8, 4) is 5.75 Å². The first-order valence-electron chi connectivity index (χ1n) is 10.4. The molecule has 0 spiro atoms. The molecule has 0 saturated carbocycles. The SMILES string of the molecule is CCC(CC)(CN)C(=O)N1CCCN(C(=O)CCc2ccc(OC)cc2)CC1. The number of carbonyl (C=O) groups is 2. The molecule has 1 heterocycles. The number of ether oxygens (including phenoxy) is 1. The van der Waals surface area contributed by atoms with E-state index in [1.165, 1.54) is 0 Å². The maximum atomic E-state index is 13.0. The lowest BCUT2D eigenvalue weighted by Crippen LogP contribution is -2.48. The fraction of sp³-hybridized carbons (Fsp3) is 0.636. The van der Waals surface area contributed by atoms with E-state index < -0.39 is 5.41 Å². The number of hydrogen-bond donors (Lipinski definition) is 1. The van der Waals surface area contributed by atoms with Crippen LogP contribution in [0.4, 0.5) is 0 Å². The highest BCUT2D eigenvalue weighted by molar-refractivity contribution is 5.83. The Balaban J connectivity index is 1.89. The number of carbonyl (C=O) groups excluding carboxylic acids is 2. The largest absolute Gasteiger partial charge is 0.497 e. The summed E-state index contributed by atoms with van der Waals surface area (Å²) in [6, 6.07) is 7.83. The Morgan fingerprint density at radius 2 is 1.64 bits per heavy atom. The van der Waals surface area contributed by atoms with Crippen molar-refractivity contribution < 1.29 is 14.3 Å². The van der Waals surface area contributed by atoms with Crippen LogP contribution >= 0.6 is 0 Å². The van der Waals surface area contributed by atoms with Gasteiger partial charge in [-0.15, -0.1) is 0 Å². The highest BCUT2D eigenvalue weighted by atomic mass is 16.5. The molecular formula is C22H35N3O3. The monoisotopic (exact) mass is 389 g/mol. The molecule has 0 unspecified atom stereocenters. The third-order valence-corrected chi connectivity index (χ3v) is 6.12. The van der Waals surface area contributed by atoms with Gasteiger partial charge in [0.05, 0.1) is 12.5 Å². The van der Waals surface area contributed by atoms with Gasteiger partial charge in [0.25, 0.3) is 0 Å². The zero-order valence-corrected chi connectivity index (χ0v) is 17.6. The molecule has 156 valence electrons. The summed E-state index contributed by atoms with van der Waals surface area (Å²) in [4.78, 5) is 29.5. The lowest BCUT2D eigenvalue weighted by molar-refractivity contribution is -0.142. The molecule has 2 N–H and O–H groups in total. The predicted octanol–water partition coefficient (Wildman–Crippen LogP) is 2.45. The minimum atomic E-state index is -0.465. The van der Waals surface area contributed by atoms with Gasteiger partial charge < -0.3 is 20.3 Å². The van der Waals surface area contributed by atoms with Crippen molar-refractivity contribution in [1.82, 2.24) is 9.80 Å². The summed E-state index contributed by atoms with van der Waals surface area (Å²) in [7, 11) is 1.64. The van der Waals surface area contributed by atoms with Crippen LogP contribution in [0, 0.1) is 5.41 Å². The number of hydrogen-bond acceptors (Lipinski definition) is 4. The summed E-state index contributed by atoms with van der Waals surface area (Å²) in [5.74, 6) is 1.12. The minimum absolute atomic E-state index is 0.146. The van der Waals surface area contributed by atoms with Crippen molar-refractivity contribution in [2.75, 3.05) is 39.8 Å². The van der Waals surface area contributed by atoms with Crippen LogP contribution in [0.25, 0.3) is 0 Å². The third kappa shape index (κ3) is 5.25. The van der Waals surface area contributed by atoms with Gasteiger partial charge in [-0.1, -0.05) is 26.0 Å². The van der Waals surface area contributed by atoms with Crippen molar-refractivity contribution in [3.63, 3.8) is 0 Å². The number of nitrogens with zero attached hydrogens (tertiary/aromatic N) is 2. The smallest absolute Gasteiger partial charge is 0.230 e. The molecule has 6 heteroatoms. The molecule has 1 aromatic carbocycles. The average molecular weight is 390 g/mol. The van der Waals surface area contributed by atoms with Gasteiger partial charge in [-0.2, -0.15) is 0 Å². The molecule has 0 atom stereocenters. The molecule has 1 aliphatic heterocycles. The molecule has 28 heavy (non-hydrogen) atoms. The van der Waals surface area contributed by atoms with Crippen molar-refractivity contribution in [1.29, 1.82) is 0 Å². The first-order valence-corrected chi connectivity index (χ1v) is 10.4. The Morgan fingerprint density at radius 3 is 2.21 bits per heavy atom. The molecule has 1 fully saturated rings. The first kappa shape index (κ1) is 22.2. The standard InChI is InChI=1S/C22H35N3O3/c1-4-22(5-2,17-23)21(27)25-14-6-13-24(15-16-25)20(26)12-9-18-7-10-19(28-3)11-8-18/h7-8,10-11H,4-6,9,12-17,23H2,1-3H3. The molecule has 2 amide bonds. The van der Waals surface area contributed by atoms with Gasteiger partial charge in [0.1, 0.15) is 5.75 Å². The van der Waals surface area contributed by atoms with E-state index in [1.807, 2.05) is 47.9 Å². The molecule has 0 aromatic heterocycles. The summed E-state index contributed by atoms with van der Waals surface area (Å²) in [6.07, 6.45) is 3.51. The quantitative estimate of drug-likeness (QED) is 0.741. The molecule has 6 nitrogen and oxygen atoms in total. The van der Waals surface area contributed by atoms with Gasteiger partial charge in [-0.25, -0.2) is 0 Å². The molecule has 1 aromatic rings. The van der Waals surface area contributed by atoms with Crippen LogP contribution in [0.15, 0.2) is 24.3 Å². The molecule has 2 rings (SSSR count). The number of methoxy groups -OCH3 is 1. The second-order valence-corrected chi connectivity index (χ2v) is 7.57. The van der Waals surface area contributed by atoms with E-state index >= 15 is 0 Å². The summed E-state index contributed by atoms with van der Waals surface area (Å²) in [5, 5.41) is 0. The number of rotatable bonds is 8. The second-order valence-electron chi connectivity index (χ2n) is 7.57. The molecule has 0 radical (unpaired) electrons. The van der Waals surface area contributed by atoms with E-state index in [2.05, 4.69) is 0 Å². The number of aryl methyl sites for hydroxylation is 1. The van der Waals surface area contributed by atoms with Gasteiger partial charge >= 0.3 is 0 Å². The van der Waals surface area contributed by atoms with Crippen LogP contribution in [0.3, 0.4) is 0 Å². The molecular weight excluding hydrogens is 354 g/mol. The highest BCUT2D eigenvalue weighted by Gasteiger charge is 2.37. The Kier molecular flexibility index (Phi) is 8.30. The zero-order chi connectivity index (χ0) is 20.6. The Hall–Kier alpha value is -2.08. The van der Waals surface area contributed by atoms with Crippen LogP contribution < -0.4 is 10.5 Å². The lowest BCUT2D eigenvalue weighted by atomic mass is 9.81. The van der Waals surface area contributed by atoms with Gasteiger partial charge in [0.2, 0.25) is 11.8 Å². The summed E-state index contributed by atoms with van der Waals surface area (Å²) in [5.41, 5.74) is 6.60. The van der Waals surface area contributed by atoms with E-state index in [-0.39, 0.29) is 11.8 Å². The number of nitrogens with two attached hydrogens (primary N) is 1. The first-order chi connectivity index (χ1) is 13.5. The molecule has 0 bridgehead atoms. The van der Waals surface area contributed by atoms with Crippen molar-refractivity contribution in [2.24, 2.45) is 11.1 Å². The lowest BCUT2D eigenvalue weighted by Gasteiger charge is -2.34. The van der Waals surface area contributed by atoms with Crippen LogP contribution in [-0.2, 0) is 16.0 Å². The van der Waals surface area contributed by atoms with Crippen molar-refractivity contribution in [3.05, 3.63) is 29.8 Å². The van der Waals surface area contributed by atoms with E-state index in [9.17, 15) is 9.59 Å². The van der Waals surface area contributed by atoms with Gasteiger partial charge in [0.15, 0.2) is 0 Å². The van der Waals surface area contributed by atoms with E-state index in [1.54, 1.807) is 7.11 Å². The third-order valence-electron chi connectivity index (χ3n) is 6.12. The van der Waals surface area contributed by atoms with Crippen LogP contribution in [-0.4, -0.2) is 61.4 Å². The molecule has 1 saturated heterocycles. The van der Waals surface area contributed by atoms with Crippen molar-refractivity contribution in [2.45, 2.75) is 46.0 Å². The van der Waals surface area contributed by atoms with E-state index in [0.717, 1.165) is 30.6 Å². The average Bonchev–Trinajstić information content (AvgIpc) is 3.00. The fourth-order valence-corrected chi connectivity index (χ4v) is 3.84. The Bertz CT molecular complexity index is 633. The van der Waals surface area contributed by atoms with E-state index in [4.69, 9.17) is 10.5 Å². The van der Waals surface area contributed by atoms with E-state index in [0.29, 0.717) is 45.6 Å². The summed E-state index contributed by atoms with van der Waals surface area (Å²) in [6.45, 7) is 7.03. The Labute approximate surface area is 169 Å². The van der Waals surface area contributed by atoms with Crippen LogP contribution in [0.1, 0.15) is 45.1 Å². The second kappa shape index (κ2) is 10.5. The van der Waals surface area contributed by atoms with Gasteiger partial charge in [-0.3, -0.25) is 9.59 Å². The Morgan fingerprint density at radius 1 is 1.04 bits per heavy atom. The predicted molar refractivity (Wildman–Crippen MR) is 111 cm³/mol.